The highest BCUT2D eigenvalue weighted by atomic mass is 32.2. The smallest absolute Gasteiger partial charge is 0.272 e. The van der Waals surface area contributed by atoms with Gasteiger partial charge in [-0.15, -0.1) is 0 Å². The first-order valence-electron chi connectivity index (χ1n) is 7.98. The third-order valence-electron chi connectivity index (χ3n) is 4.21. The Morgan fingerprint density at radius 1 is 1.17 bits per heavy atom. The standard InChI is InChI=1S/C15H21N3O5S/c16-15(19)11-17-4-6-18(7-5-17)24(20,21)12-2-3-13-14(10-12)23-9-1-8-22-13/h2-3,10H,1,4-9,11H2,(H2,16,19)/p+1. The van der Waals surface area contributed by atoms with Gasteiger partial charge < -0.3 is 20.1 Å². The molecule has 0 unspecified atom stereocenters. The topological polar surface area (TPSA) is 103 Å². The van der Waals surface area contributed by atoms with Gasteiger partial charge in [0.1, 0.15) is 0 Å². The number of fused-ring (bicyclic) bond motifs is 1. The predicted octanol–water partition coefficient (Wildman–Crippen LogP) is -1.78. The number of carbonyl (C=O) groups is 1. The summed E-state index contributed by atoms with van der Waals surface area (Å²) >= 11 is 0. The predicted molar refractivity (Wildman–Crippen MR) is 85.6 cm³/mol. The van der Waals surface area contributed by atoms with E-state index in [-0.39, 0.29) is 17.3 Å². The van der Waals surface area contributed by atoms with Crippen molar-refractivity contribution in [3.05, 3.63) is 18.2 Å². The molecule has 3 N–H and O–H groups in total. The molecule has 2 aliphatic heterocycles. The molecule has 2 aliphatic rings. The Hall–Kier alpha value is -1.84. The maximum atomic E-state index is 12.8. The first-order valence-corrected chi connectivity index (χ1v) is 9.42. The van der Waals surface area contributed by atoms with Gasteiger partial charge in [-0.1, -0.05) is 0 Å². The van der Waals surface area contributed by atoms with E-state index < -0.39 is 10.0 Å². The molecule has 9 heteroatoms. The Kier molecular flexibility index (Phi) is 4.93. The van der Waals surface area contributed by atoms with Gasteiger partial charge in [-0.05, 0) is 12.1 Å². The number of hydrogen-bond acceptors (Lipinski definition) is 5. The van der Waals surface area contributed by atoms with Crippen molar-refractivity contribution < 1.29 is 27.6 Å². The number of sulfonamides is 1. The highest BCUT2D eigenvalue weighted by Gasteiger charge is 2.31. The van der Waals surface area contributed by atoms with Crippen LogP contribution in [0.1, 0.15) is 6.42 Å². The van der Waals surface area contributed by atoms with E-state index in [4.69, 9.17) is 15.2 Å². The number of nitrogens with one attached hydrogen (secondary N) is 1. The number of rotatable bonds is 4. The number of amides is 1. The molecule has 0 bridgehead atoms. The average Bonchev–Trinajstić information content (AvgIpc) is 2.79. The first kappa shape index (κ1) is 17.0. The van der Waals surface area contributed by atoms with Gasteiger partial charge in [-0.3, -0.25) is 4.79 Å². The molecule has 1 aromatic rings. The van der Waals surface area contributed by atoms with E-state index in [9.17, 15) is 13.2 Å². The van der Waals surface area contributed by atoms with Crippen molar-refractivity contribution in [2.45, 2.75) is 11.3 Å². The van der Waals surface area contributed by atoms with E-state index in [0.717, 1.165) is 11.3 Å². The van der Waals surface area contributed by atoms with E-state index >= 15 is 0 Å². The number of benzene rings is 1. The van der Waals surface area contributed by atoms with Crippen molar-refractivity contribution in [2.75, 3.05) is 45.9 Å². The number of quaternary nitrogens is 1. The third kappa shape index (κ3) is 3.63. The van der Waals surface area contributed by atoms with Gasteiger partial charge in [0.2, 0.25) is 10.0 Å². The summed E-state index contributed by atoms with van der Waals surface area (Å²) in [7, 11) is -3.59. The third-order valence-corrected chi connectivity index (χ3v) is 6.11. The molecule has 8 nitrogen and oxygen atoms in total. The van der Waals surface area contributed by atoms with E-state index in [1.165, 1.54) is 10.4 Å². The van der Waals surface area contributed by atoms with Crippen molar-refractivity contribution in [1.29, 1.82) is 0 Å². The number of hydrogen-bond donors (Lipinski definition) is 2. The fourth-order valence-electron chi connectivity index (χ4n) is 2.92. The zero-order chi connectivity index (χ0) is 17.2. The van der Waals surface area contributed by atoms with Crippen LogP contribution < -0.4 is 20.1 Å². The lowest BCUT2D eigenvalue weighted by atomic mass is 10.3. The van der Waals surface area contributed by atoms with Gasteiger partial charge in [-0.2, -0.15) is 4.31 Å². The van der Waals surface area contributed by atoms with Crippen LogP contribution >= 0.6 is 0 Å². The number of nitrogens with zero attached hydrogens (tertiary/aromatic N) is 1. The van der Waals surface area contributed by atoms with Crippen LogP contribution in [0.4, 0.5) is 0 Å². The SMILES string of the molecule is NC(=O)C[NH+]1CCN(S(=O)(=O)c2ccc3c(c2)OCCCO3)CC1. The van der Waals surface area contributed by atoms with Gasteiger partial charge in [-0.25, -0.2) is 8.42 Å². The number of primary amides is 1. The number of nitrogens with two attached hydrogens (primary N) is 1. The monoisotopic (exact) mass is 356 g/mol. The Balaban J connectivity index is 1.74. The Bertz CT molecular complexity index is 714. The van der Waals surface area contributed by atoms with Crippen LogP contribution in [0.5, 0.6) is 11.5 Å². The highest BCUT2D eigenvalue weighted by Crippen LogP contribution is 2.32. The molecule has 0 saturated carbocycles. The van der Waals surface area contributed by atoms with Crippen molar-refractivity contribution >= 4 is 15.9 Å². The number of carbonyl (C=O) groups excluding carboxylic acids is 1. The molecule has 1 amide bonds. The summed E-state index contributed by atoms with van der Waals surface area (Å²) in [5.41, 5.74) is 5.19. The van der Waals surface area contributed by atoms with Crippen LogP contribution in [0, 0.1) is 0 Å². The minimum Gasteiger partial charge on any atom is -0.490 e. The minimum atomic E-state index is -3.59. The molecular formula is C15H22N3O5S+. The van der Waals surface area contributed by atoms with Crippen LogP contribution in [0.2, 0.25) is 0 Å². The van der Waals surface area contributed by atoms with Crippen molar-refractivity contribution in [3.8, 4) is 11.5 Å². The molecule has 3 rings (SSSR count). The summed E-state index contributed by atoms with van der Waals surface area (Å²) in [6.07, 6.45) is 0.765. The lowest BCUT2D eigenvalue weighted by Gasteiger charge is -2.30. The van der Waals surface area contributed by atoms with Crippen LogP contribution in [0.3, 0.4) is 0 Å². The van der Waals surface area contributed by atoms with Crippen molar-refractivity contribution in [2.24, 2.45) is 5.73 Å². The molecule has 0 aromatic heterocycles. The first-order chi connectivity index (χ1) is 11.5. The lowest BCUT2D eigenvalue weighted by Crippen LogP contribution is -3.15. The van der Waals surface area contributed by atoms with Crippen molar-refractivity contribution in [1.82, 2.24) is 4.31 Å². The van der Waals surface area contributed by atoms with Crippen LogP contribution in [0.15, 0.2) is 23.1 Å². The van der Waals surface area contributed by atoms with Crippen LogP contribution in [-0.4, -0.2) is 64.6 Å². The normalized spacial score (nSPS) is 19.7. The zero-order valence-electron chi connectivity index (χ0n) is 13.4. The largest absolute Gasteiger partial charge is 0.490 e. The molecular weight excluding hydrogens is 334 g/mol. The second-order valence-electron chi connectivity index (χ2n) is 5.96. The fraction of sp³-hybridized carbons (Fsp3) is 0.533. The maximum Gasteiger partial charge on any atom is 0.272 e. The maximum absolute atomic E-state index is 12.8. The van der Waals surface area contributed by atoms with E-state index in [1.807, 2.05) is 0 Å². The minimum absolute atomic E-state index is 0.199. The van der Waals surface area contributed by atoms with Crippen molar-refractivity contribution in [3.63, 3.8) is 0 Å². The molecule has 1 aromatic carbocycles. The fourth-order valence-corrected chi connectivity index (χ4v) is 4.38. The molecule has 1 fully saturated rings. The average molecular weight is 356 g/mol. The quantitative estimate of drug-likeness (QED) is 0.664. The molecule has 132 valence electrons. The Morgan fingerprint density at radius 2 is 1.83 bits per heavy atom. The second kappa shape index (κ2) is 6.96. The van der Waals surface area contributed by atoms with E-state index in [1.54, 1.807) is 12.1 Å². The zero-order valence-corrected chi connectivity index (χ0v) is 14.2. The van der Waals surface area contributed by atoms with Crippen LogP contribution in [-0.2, 0) is 14.8 Å². The molecule has 1 saturated heterocycles. The molecule has 0 spiro atoms. The summed E-state index contributed by atoms with van der Waals surface area (Å²) in [5.74, 6) is 0.665. The number of ether oxygens (including phenoxy) is 2. The van der Waals surface area contributed by atoms with E-state index in [0.29, 0.717) is 50.9 Å². The highest BCUT2D eigenvalue weighted by molar-refractivity contribution is 7.89. The molecule has 2 heterocycles. The van der Waals surface area contributed by atoms with Gasteiger partial charge in [0, 0.05) is 12.5 Å². The summed E-state index contributed by atoms with van der Waals surface area (Å²) in [4.78, 5) is 12.2. The Labute approximate surface area is 141 Å². The summed E-state index contributed by atoms with van der Waals surface area (Å²) in [5, 5.41) is 0. The van der Waals surface area contributed by atoms with Gasteiger partial charge in [0.15, 0.2) is 18.0 Å². The summed E-state index contributed by atoms with van der Waals surface area (Å²) in [6, 6.07) is 4.71. The summed E-state index contributed by atoms with van der Waals surface area (Å²) in [6.45, 7) is 3.14. The molecule has 0 aliphatic carbocycles. The molecule has 0 radical (unpaired) electrons. The Morgan fingerprint density at radius 3 is 2.50 bits per heavy atom. The van der Waals surface area contributed by atoms with Crippen LogP contribution in [0.25, 0.3) is 0 Å². The lowest BCUT2D eigenvalue weighted by molar-refractivity contribution is -0.895. The van der Waals surface area contributed by atoms with E-state index in [2.05, 4.69) is 0 Å². The summed E-state index contributed by atoms with van der Waals surface area (Å²) < 4.78 is 38.2. The van der Waals surface area contributed by atoms with Gasteiger partial charge in [0.05, 0.1) is 44.3 Å². The van der Waals surface area contributed by atoms with Gasteiger partial charge >= 0.3 is 0 Å². The molecule has 0 atom stereocenters. The molecule has 24 heavy (non-hydrogen) atoms. The number of piperazine rings is 1. The second-order valence-corrected chi connectivity index (χ2v) is 7.89. The van der Waals surface area contributed by atoms with Gasteiger partial charge in [0.25, 0.3) is 5.91 Å².